The molecule has 0 bridgehead atoms. The molecule has 0 fully saturated rings. The van der Waals surface area contributed by atoms with Crippen molar-refractivity contribution in [2.75, 3.05) is 27.2 Å². The first-order valence-corrected chi connectivity index (χ1v) is 10.3. The zero-order chi connectivity index (χ0) is 22.8. The van der Waals surface area contributed by atoms with Crippen LogP contribution in [-0.2, 0) is 9.59 Å². The summed E-state index contributed by atoms with van der Waals surface area (Å²) < 4.78 is 7.56. The van der Waals surface area contributed by atoms with Crippen LogP contribution in [0.5, 0.6) is 5.75 Å². The van der Waals surface area contributed by atoms with Gasteiger partial charge in [-0.3, -0.25) is 14.9 Å². The van der Waals surface area contributed by atoms with Gasteiger partial charge in [-0.15, -0.1) is 0 Å². The number of carbonyl (C=O) groups is 2. The number of amides is 2. The number of nitrogens with one attached hydrogen (secondary N) is 1. The normalized spacial score (nSPS) is 14.9. The Bertz CT molecular complexity index is 1240. The van der Waals surface area contributed by atoms with Crippen LogP contribution in [0, 0.1) is 0 Å². The third-order valence-electron chi connectivity index (χ3n) is 5.28. The molecule has 1 atom stereocenters. The van der Waals surface area contributed by atoms with Crippen molar-refractivity contribution in [3.63, 3.8) is 0 Å². The molecule has 0 aliphatic carbocycles. The van der Waals surface area contributed by atoms with Gasteiger partial charge < -0.3 is 19.3 Å². The van der Waals surface area contributed by atoms with Gasteiger partial charge in [0.1, 0.15) is 18.5 Å². The number of carbonyl (C=O) groups excluding carboxylic acids is 2. The fourth-order valence-electron chi connectivity index (χ4n) is 3.95. The van der Waals surface area contributed by atoms with Crippen molar-refractivity contribution in [1.82, 2.24) is 14.8 Å². The van der Waals surface area contributed by atoms with E-state index in [0.717, 1.165) is 10.9 Å². The Morgan fingerprint density at radius 3 is 2.62 bits per heavy atom. The number of hydrogen-bond donors (Lipinski definition) is 2. The third-order valence-corrected chi connectivity index (χ3v) is 5.28. The number of hydrogen-bond acceptors (Lipinski definition) is 5. The highest BCUT2D eigenvalue weighted by molar-refractivity contribution is 6.50. The fraction of sp³-hybridized carbons (Fsp3) is 0.200. The number of ether oxygens (including phenoxy) is 1. The second-order valence-corrected chi connectivity index (χ2v) is 7.94. The maximum absolute atomic E-state index is 12.8. The van der Waals surface area contributed by atoms with Gasteiger partial charge >= 0.3 is 0 Å². The molecule has 2 N–H and O–H groups in total. The van der Waals surface area contributed by atoms with Crippen LogP contribution >= 0.6 is 0 Å². The minimum Gasteiger partial charge on any atom is -0.491 e. The minimum absolute atomic E-state index is 0.117. The Morgan fingerprint density at radius 1 is 1.12 bits per heavy atom. The Labute approximate surface area is 186 Å². The lowest BCUT2D eigenvalue weighted by Crippen LogP contribution is -2.30. The summed E-state index contributed by atoms with van der Waals surface area (Å²) in [6.07, 6.45) is 2.82. The predicted octanol–water partition coefficient (Wildman–Crippen LogP) is 2.61. The van der Waals surface area contributed by atoms with E-state index < -0.39 is 17.9 Å². The third kappa shape index (κ3) is 4.08. The van der Waals surface area contributed by atoms with Gasteiger partial charge in [0.25, 0.3) is 11.8 Å². The topological polar surface area (TPSA) is 83.8 Å². The van der Waals surface area contributed by atoms with E-state index in [1.807, 2.05) is 54.0 Å². The van der Waals surface area contributed by atoms with Gasteiger partial charge in [0, 0.05) is 29.9 Å². The average molecular weight is 431 g/mol. The lowest BCUT2D eigenvalue weighted by molar-refractivity contribution is -0.122. The highest BCUT2D eigenvalue weighted by Crippen LogP contribution is 2.36. The summed E-state index contributed by atoms with van der Waals surface area (Å²) in [7, 11) is 3.74. The van der Waals surface area contributed by atoms with Crippen molar-refractivity contribution in [2.24, 2.45) is 0 Å². The lowest BCUT2D eigenvalue weighted by atomic mass is 9.96. The Morgan fingerprint density at radius 2 is 1.88 bits per heavy atom. The summed E-state index contributed by atoms with van der Waals surface area (Å²) in [5, 5.41) is 13.3. The number of aliphatic hydroxyl groups is 1. The molecule has 0 spiro atoms. The van der Waals surface area contributed by atoms with E-state index in [4.69, 9.17) is 4.74 Å². The number of para-hydroxylation sites is 1. The zero-order valence-electron chi connectivity index (χ0n) is 18.0. The molecule has 2 amide bonds. The zero-order valence-corrected chi connectivity index (χ0v) is 18.0. The largest absolute Gasteiger partial charge is 0.491 e. The number of nitrogens with zero attached hydrogens (tertiary/aromatic N) is 2. The maximum Gasteiger partial charge on any atom is 0.259 e. The van der Waals surface area contributed by atoms with Crippen LogP contribution in [0.25, 0.3) is 28.2 Å². The second kappa shape index (κ2) is 8.82. The number of likely N-dealkylation sites (N-methyl/N-ethyl adjacent to an activating group) is 1. The van der Waals surface area contributed by atoms with Crippen LogP contribution in [0.4, 0.5) is 0 Å². The highest BCUT2D eigenvalue weighted by atomic mass is 16.5. The Balaban J connectivity index is 1.76. The second-order valence-electron chi connectivity index (χ2n) is 7.94. The molecule has 7 heteroatoms. The SMILES string of the molecule is C=Cn1cc(C2=C(c3cccc(OCC(O)CN(C)C)c3)C(=O)NC2=O)c2ccccc21. The molecule has 1 unspecified atom stereocenters. The van der Waals surface area contributed by atoms with Crippen LogP contribution in [0.15, 0.2) is 61.3 Å². The van der Waals surface area contributed by atoms with Crippen LogP contribution in [0.3, 0.4) is 0 Å². The standard InChI is InChI=1S/C25H25N3O4/c1-4-28-14-20(19-10-5-6-11-21(19)28)23-22(24(30)26-25(23)31)16-8-7-9-18(12-16)32-15-17(29)13-27(2)3/h4-12,14,17,29H,1,13,15H2,2-3H3,(H,26,30,31). The number of aromatic nitrogens is 1. The maximum atomic E-state index is 12.8. The fourth-order valence-corrected chi connectivity index (χ4v) is 3.95. The van der Waals surface area contributed by atoms with E-state index in [-0.39, 0.29) is 6.61 Å². The number of fused-ring (bicyclic) bond motifs is 1. The van der Waals surface area contributed by atoms with Crippen molar-refractivity contribution >= 4 is 40.1 Å². The van der Waals surface area contributed by atoms with Crippen molar-refractivity contribution in [3.8, 4) is 5.75 Å². The van der Waals surface area contributed by atoms with E-state index in [1.54, 1.807) is 30.5 Å². The smallest absolute Gasteiger partial charge is 0.259 e. The van der Waals surface area contributed by atoms with E-state index >= 15 is 0 Å². The Hall–Kier alpha value is -3.68. The molecule has 7 nitrogen and oxygen atoms in total. The molecule has 2 aromatic carbocycles. The molecule has 1 aliphatic rings. The van der Waals surface area contributed by atoms with E-state index in [1.165, 1.54) is 0 Å². The van der Waals surface area contributed by atoms with Crippen LogP contribution in [-0.4, -0.2) is 59.7 Å². The van der Waals surface area contributed by atoms with Crippen LogP contribution in [0.1, 0.15) is 11.1 Å². The molecule has 3 aromatic rings. The van der Waals surface area contributed by atoms with Crippen molar-refractivity contribution in [1.29, 1.82) is 0 Å². The number of rotatable bonds is 8. The molecule has 2 heterocycles. The van der Waals surface area contributed by atoms with Gasteiger partial charge in [0.2, 0.25) is 0 Å². The molecule has 4 rings (SSSR count). The lowest BCUT2D eigenvalue weighted by Gasteiger charge is -2.16. The summed E-state index contributed by atoms with van der Waals surface area (Å²) in [6, 6.07) is 14.6. The quantitative estimate of drug-likeness (QED) is 0.536. The highest BCUT2D eigenvalue weighted by Gasteiger charge is 2.34. The molecule has 1 aromatic heterocycles. The van der Waals surface area contributed by atoms with Crippen molar-refractivity contribution in [3.05, 3.63) is 72.4 Å². The average Bonchev–Trinajstić information content (AvgIpc) is 3.28. The molecular weight excluding hydrogens is 406 g/mol. The molecule has 0 saturated heterocycles. The first-order chi connectivity index (χ1) is 15.4. The van der Waals surface area contributed by atoms with Crippen molar-refractivity contribution in [2.45, 2.75) is 6.10 Å². The molecule has 164 valence electrons. The molecule has 0 radical (unpaired) electrons. The summed E-state index contributed by atoms with van der Waals surface area (Å²) in [5.74, 6) is -0.386. The number of benzene rings is 2. The van der Waals surface area contributed by atoms with Crippen LogP contribution < -0.4 is 10.1 Å². The molecule has 32 heavy (non-hydrogen) atoms. The summed E-state index contributed by atoms with van der Waals surface area (Å²) in [4.78, 5) is 27.5. The first kappa shape index (κ1) is 21.5. The molecule has 1 aliphatic heterocycles. The van der Waals surface area contributed by atoms with Gasteiger partial charge in [-0.2, -0.15) is 0 Å². The summed E-state index contributed by atoms with van der Waals surface area (Å²) in [5.41, 5.74) is 2.73. The van der Waals surface area contributed by atoms with Crippen LogP contribution in [0.2, 0.25) is 0 Å². The Kier molecular flexibility index (Phi) is 5.94. The molecular formula is C25H25N3O4. The van der Waals surface area contributed by atoms with Gasteiger partial charge in [0.15, 0.2) is 0 Å². The summed E-state index contributed by atoms with van der Waals surface area (Å²) in [6.45, 7) is 4.42. The number of imide groups is 1. The van der Waals surface area contributed by atoms with Gasteiger partial charge in [-0.1, -0.05) is 36.9 Å². The predicted molar refractivity (Wildman–Crippen MR) is 125 cm³/mol. The van der Waals surface area contributed by atoms with E-state index in [2.05, 4.69) is 11.9 Å². The minimum atomic E-state index is -0.648. The van der Waals surface area contributed by atoms with E-state index in [0.29, 0.717) is 34.6 Å². The van der Waals surface area contributed by atoms with Gasteiger partial charge in [-0.25, -0.2) is 0 Å². The van der Waals surface area contributed by atoms with E-state index in [9.17, 15) is 14.7 Å². The number of aliphatic hydroxyl groups excluding tert-OH is 1. The summed E-state index contributed by atoms with van der Waals surface area (Å²) >= 11 is 0. The van der Waals surface area contributed by atoms with Gasteiger partial charge in [0.05, 0.1) is 16.7 Å². The monoisotopic (exact) mass is 431 g/mol. The molecule has 0 saturated carbocycles. The van der Waals surface area contributed by atoms with Crippen molar-refractivity contribution < 1.29 is 19.4 Å². The van der Waals surface area contributed by atoms with Gasteiger partial charge in [-0.05, 0) is 37.9 Å². The first-order valence-electron chi connectivity index (χ1n) is 10.3.